The van der Waals surface area contributed by atoms with Gasteiger partial charge in [0, 0.05) is 33.4 Å². The van der Waals surface area contributed by atoms with Crippen LogP contribution in [0.4, 0.5) is 0 Å². The highest BCUT2D eigenvalue weighted by Crippen LogP contribution is 2.49. The highest BCUT2D eigenvalue weighted by Gasteiger charge is 2.42. The Morgan fingerprint density at radius 2 is 1.77 bits per heavy atom. The van der Waals surface area contributed by atoms with E-state index in [4.69, 9.17) is 9.73 Å². The number of guanidine groups is 1. The molecule has 0 saturated heterocycles. The first-order chi connectivity index (χ1) is 10.7. The van der Waals surface area contributed by atoms with Gasteiger partial charge in [0.1, 0.15) is 0 Å². The van der Waals surface area contributed by atoms with Crippen LogP contribution in [0.15, 0.2) is 4.99 Å². The molecule has 2 N–H and O–H groups in total. The van der Waals surface area contributed by atoms with Gasteiger partial charge in [0.2, 0.25) is 0 Å². The minimum absolute atomic E-state index is 0.425. The summed E-state index contributed by atoms with van der Waals surface area (Å²) in [5.41, 5.74) is 0.928. The highest BCUT2D eigenvalue weighted by molar-refractivity contribution is 5.79. The molecule has 0 amide bonds. The zero-order valence-corrected chi connectivity index (χ0v) is 14.8. The standard InChI is InChI=1S/C18H35N3O/c1-4-17(8-6-7-9-17)14-20-16(19-5-2)21-15-18(10-11-18)12-13-22-3/h4-15H2,1-3H3,(H2,19,20,21). The smallest absolute Gasteiger partial charge is 0.191 e. The molecular weight excluding hydrogens is 274 g/mol. The summed E-state index contributed by atoms with van der Waals surface area (Å²) in [4.78, 5) is 4.87. The second kappa shape index (κ2) is 8.19. The van der Waals surface area contributed by atoms with Gasteiger partial charge in [-0.15, -0.1) is 0 Å². The molecule has 2 rings (SSSR count). The minimum Gasteiger partial charge on any atom is -0.385 e. The second-order valence-corrected chi connectivity index (χ2v) is 7.35. The molecule has 22 heavy (non-hydrogen) atoms. The number of methoxy groups -OCH3 is 1. The number of hydrogen-bond donors (Lipinski definition) is 2. The Kier molecular flexibility index (Phi) is 6.54. The van der Waals surface area contributed by atoms with Gasteiger partial charge in [-0.3, -0.25) is 4.99 Å². The zero-order valence-electron chi connectivity index (χ0n) is 14.8. The third kappa shape index (κ3) is 4.87. The maximum atomic E-state index is 5.24. The number of aliphatic imine (C=N–C) groups is 1. The molecule has 2 fully saturated rings. The van der Waals surface area contributed by atoms with Crippen molar-refractivity contribution in [3.05, 3.63) is 0 Å². The van der Waals surface area contributed by atoms with Crippen LogP contribution in [0.2, 0.25) is 0 Å². The van der Waals surface area contributed by atoms with Gasteiger partial charge in [-0.2, -0.15) is 0 Å². The van der Waals surface area contributed by atoms with Gasteiger partial charge in [0.05, 0.1) is 0 Å². The molecule has 0 heterocycles. The number of nitrogens with zero attached hydrogens (tertiary/aromatic N) is 1. The Hall–Kier alpha value is -0.770. The molecule has 0 aromatic rings. The third-order valence-electron chi connectivity index (χ3n) is 5.76. The van der Waals surface area contributed by atoms with Crippen molar-refractivity contribution >= 4 is 5.96 Å². The van der Waals surface area contributed by atoms with Crippen molar-refractivity contribution in [1.82, 2.24) is 10.6 Å². The summed E-state index contributed by atoms with van der Waals surface area (Å²) in [6, 6.07) is 0. The lowest BCUT2D eigenvalue weighted by Gasteiger charge is -2.28. The van der Waals surface area contributed by atoms with Gasteiger partial charge in [0.15, 0.2) is 5.96 Å². The Morgan fingerprint density at radius 1 is 1.05 bits per heavy atom. The van der Waals surface area contributed by atoms with E-state index in [1.807, 2.05) is 0 Å². The molecule has 0 radical (unpaired) electrons. The molecule has 4 nitrogen and oxygen atoms in total. The fourth-order valence-electron chi connectivity index (χ4n) is 3.62. The molecule has 4 heteroatoms. The third-order valence-corrected chi connectivity index (χ3v) is 5.76. The van der Waals surface area contributed by atoms with Crippen LogP contribution >= 0.6 is 0 Å². The first-order valence-electron chi connectivity index (χ1n) is 9.19. The van der Waals surface area contributed by atoms with E-state index in [9.17, 15) is 0 Å². The highest BCUT2D eigenvalue weighted by atomic mass is 16.5. The predicted molar refractivity (Wildman–Crippen MR) is 93.3 cm³/mol. The molecule has 0 spiro atoms. The van der Waals surface area contributed by atoms with Crippen molar-refractivity contribution in [2.24, 2.45) is 15.8 Å². The first-order valence-corrected chi connectivity index (χ1v) is 9.19. The quantitative estimate of drug-likeness (QED) is 0.507. The maximum Gasteiger partial charge on any atom is 0.191 e. The summed E-state index contributed by atoms with van der Waals surface area (Å²) in [7, 11) is 1.79. The van der Waals surface area contributed by atoms with Crippen LogP contribution in [0.1, 0.15) is 65.2 Å². The Labute approximate surface area is 136 Å². The second-order valence-electron chi connectivity index (χ2n) is 7.35. The van der Waals surface area contributed by atoms with E-state index in [1.54, 1.807) is 7.11 Å². The van der Waals surface area contributed by atoms with Gasteiger partial charge in [-0.05, 0) is 56.3 Å². The maximum absolute atomic E-state index is 5.24. The van der Waals surface area contributed by atoms with Crippen LogP contribution in [-0.2, 0) is 4.74 Å². The molecule has 2 saturated carbocycles. The van der Waals surface area contributed by atoms with Crippen LogP contribution in [0.25, 0.3) is 0 Å². The Balaban J connectivity index is 1.85. The summed E-state index contributed by atoms with van der Waals surface area (Å²) in [5, 5.41) is 7.03. The Bertz CT molecular complexity index is 357. The molecule has 0 aromatic heterocycles. The van der Waals surface area contributed by atoms with Crippen molar-refractivity contribution < 1.29 is 4.74 Å². The fourth-order valence-corrected chi connectivity index (χ4v) is 3.62. The molecule has 0 aromatic carbocycles. The number of rotatable bonds is 9. The first kappa shape index (κ1) is 17.6. The number of hydrogen-bond acceptors (Lipinski definition) is 2. The van der Waals surface area contributed by atoms with Crippen molar-refractivity contribution in [1.29, 1.82) is 0 Å². The van der Waals surface area contributed by atoms with Crippen LogP contribution in [-0.4, -0.2) is 39.3 Å². The molecular formula is C18H35N3O. The van der Waals surface area contributed by atoms with E-state index in [0.29, 0.717) is 10.8 Å². The summed E-state index contributed by atoms with van der Waals surface area (Å²) in [6.45, 7) is 8.26. The van der Waals surface area contributed by atoms with Crippen LogP contribution in [0, 0.1) is 10.8 Å². The average Bonchev–Trinajstić information content (AvgIpc) is 3.16. The molecule has 0 unspecified atom stereocenters. The van der Waals surface area contributed by atoms with Crippen LogP contribution in [0.3, 0.4) is 0 Å². The monoisotopic (exact) mass is 309 g/mol. The van der Waals surface area contributed by atoms with E-state index in [-0.39, 0.29) is 0 Å². The van der Waals surface area contributed by atoms with Gasteiger partial charge in [-0.25, -0.2) is 0 Å². The van der Waals surface area contributed by atoms with Crippen molar-refractivity contribution in [3.63, 3.8) is 0 Å². The molecule has 0 bridgehead atoms. The lowest BCUT2D eigenvalue weighted by molar-refractivity contribution is 0.174. The molecule has 2 aliphatic carbocycles. The molecule has 2 aliphatic rings. The Morgan fingerprint density at radius 3 is 2.32 bits per heavy atom. The van der Waals surface area contributed by atoms with Crippen molar-refractivity contribution in [2.75, 3.05) is 33.4 Å². The van der Waals surface area contributed by atoms with Crippen molar-refractivity contribution in [2.45, 2.75) is 65.2 Å². The summed E-state index contributed by atoms with van der Waals surface area (Å²) >= 11 is 0. The average molecular weight is 309 g/mol. The normalized spacial score (nSPS) is 22.6. The van der Waals surface area contributed by atoms with Gasteiger partial charge in [0.25, 0.3) is 0 Å². The number of ether oxygens (including phenoxy) is 1. The summed E-state index contributed by atoms with van der Waals surface area (Å²) < 4.78 is 5.24. The molecule has 0 atom stereocenters. The largest absolute Gasteiger partial charge is 0.385 e. The lowest BCUT2D eigenvalue weighted by Crippen LogP contribution is -2.43. The summed E-state index contributed by atoms with van der Waals surface area (Å²) in [5.74, 6) is 1.01. The van der Waals surface area contributed by atoms with E-state index in [2.05, 4.69) is 24.5 Å². The van der Waals surface area contributed by atoms with Gasteiger partial charge < -0.3 is 15.4 Å². The van der Waals surface area contributed by atoms with E-state index >= 15 is 0 Å². The van der Waals surface area contributed by atoms with Crippen LogP contribution in [0.5, 0.6) is 0 Å². The lowest BCUT2D eigenvalue weighted by atomic mass is 9.83. The molecule has 0 aliphatic heterocycles. The van der Waals surface area contributed by atoms with Gasteiger partial charge >= 0.3 is 0 Å². The zero-order chi connectivity index (χ0) is 15.9. The van der Waals surface area contributed by atoms with Crippen LogP contribution < -0.4 is 10.6 Å². The SMILES string of the molecule is CCNC(=NCC1(CCOC)CC1)NCC1(CC)CCCC1. The molecule has 128 valence electrons. The van der Waals surface area contributed by atoms with E-state index in [0.717, 1.165) is 38.6 Å². The number of nitrogens with one attached hydrogen (secondary N) is 2. The summed E-state index contributed by atoms with van der Waals surface area (Å²) in [6.07, 6.45) is 10.5. The predicted octanol–water partition coefficient (Wildman–Crippen LogP) is 3.33. The topological polar surface area (TPSA) is 45.7 Å². The fraction of sp³-hybridized carbons (Fsp3) is 0.944. The minimum atomic E-state index is 0.425. The van der Waals surface area contributed by atoms with Crippen molar-refractivity contribution in [3.8, 4) is 0 Å². The van der Waals surface area contributed by atoms with E-state index < -0.39 is 0 Å². The van der Waals surface area contributed by atoms with E-state index in [1.165, 1.54) is 44.9 Å². The van der Waals surface area contributed by atoms with Gasteiger partial charge in [-0.1, -0.05) is 19.8 Å².